The molecule has 2 rings (SSSR count). The Kier molecular flexibility index (Phi) is 3.83. The Bertz CT molecular complexity index is 327. The zero-order valence-corrected chi connectivity index (χ0v) is 10.4. The van der Waals surface area contributed by atoms with Crippen LogP contribution in [-0.4, -0.2) is 20.1 Å². The second kappa shape index (κ2) is 5.35. The van der Waals surface area contributed by atoms with E-state index in [1.165, 1.54) is 37.2 Å². The molecule has 0 bridgehead atoms. The fourth-order valence-electron chi connectivity index (χ4n) is 2.33. The number of rotatable bonds is 3. The molecule has 2 nitrogen and oxygen atoms in total. The molecule has 1 heterocycles. The smallest absolute Gasteiger partial charge is 0.0369 e. The SMILES string of the molecule is CNCc1cccc(N2CCC(C)CC2)c1. The third-order valence-electron chi connectivity index (χ3n) is 3.44. The van der Waals surface area contributed by atoms with Gasteiger partial charge in [-0.2, -0.15) is 0 Å². The first kappa shape index (κ1) is 11.5. The monoisotopic (exact) mass is 218 g/mol. The molecule has 1 fully saturated rings. The summed E-state index contributed by atoms with van der Waals surface area (Å²) in [4.78, 5) is 2.51. The highest BCUT2D eigenvalue weighted by molar-refractivity contribution is 5.48. The van der Waals surface area contributed by atoms with E-state index in [-0.39, 0.29) is 0 Å². The molecular formula is C14H22N2. The van der Waals surface area contributed by atoms with Gasteiger partial charge in [-0.25, -0.2) is 0 Å². The molecule has 1 aromatic carbocycles. The topological polar surface area (TPSA) is 15.3 Å². The third-order valence-corrected chi connectivity index (χ3v) is 3.44. The lowest BCUT2D eigenvalue weighted by Crippen LogP contribution is -2.32. The van der Waals surface area contributed by atoms with E-state index < -0.39 is 0 Å². The van der Waals surface area contributed by atoms with Gasteiger partial charge in [-0.3, -0.25) is 0 Å². The summed E-state index contributed by atoms with van der Waals surface area (Å²) >= 11 is 0. The molecule has 1 N–H and O–H groups in total. The molecule has 16 heavy (non-hydrogen) atoms. The molecule has 2 heteroatoms. The highest BCUT2D eigenvalue weighted by Crippen LogP contribution is 2.23. The number of nitrogens with zero attached hydrogens (tertiary/aromatic N) is 1. The van der Waals surface area contributed by atoms with E-state index in [0.717, 1.165) is 12.5 Å². The van der Waals surface area contributed by atoms with Crippen molar-refractivity contribution in [3.63, 3.8) is 0 Å². The van der Waals surface area contributed by atoms with Gasteiger partial charge in [-0.15, -0.1) is 0 Å². The van der Waals surface area contributed by atoms with Gasteiger partial charge < -0.3 is 10.2 Å². The summed E-state index contributed by atoms with van der Waals surface area (Å²) in [5.74, 6) is 0.900. The second-order valence-electron chi connectivity index (χ2n) is 4.87. The van der Waals surface area contributed by atoms with Crippen molar-refractivity contribution in [3.8, 4) is 0 Å². The van der Waals surface area contributed by atoms with Crippen LogP contribution in [0.1, 0.15) is 25.3 Å². The normalized spacial score (nSPS) is 17.8. The molecule has 1 aliphatic heterocycles. The lowest BCUT2D eigenvalue weighted by Gasteiger charge is -2.32. The molecule has 0 saturated carbocycles. The molecule has 0 unspecified atom stereocenters. The van der Waals surface area contributed by atoms with Crippen LogP contribution >= 0.6 is 0 Å². The molecule has 1 aromatic rings. The van der Waals surface area contributed by atoms with Gasteiger partial charge in [0.25, 0.3) is 0 Å². The molecule has 1 saturated heterocycles. The Labute approximate surface area is 98.7 Å². The van der Waals surface area contributed by atoms with Gasteiger partial charge in [0.2, 0.25) is 0 Å². The molecule has 0 radical (unpaired) electrons. The van der Waals surface area contributed by atoms with Crippen molar-refractivity contribution in [1.82, 2.24) is 5.32 Å². The molecule has 1 aliphatic rings. The molecular weight excluding hydrogens is 196 g/mol. The number of hydrogen-bond donors (Lipinski definition) is 1. The highest BCUT2D eigenvalue weighted by atomic mass is 15.1. The van der Waals surface area contributed by atoms with Crippen molar-refractivity contribution in [2.24, 2.45) is 5.92 Å². The predicted octanol–water partition coefficient (Wildman–Crippen LogP) is 2.64. The zero-order valence-electron chi connectivity index (χ0n) is 10.4. The van der Waals surface area contributed by atoms with Crippen LogP contribution in [0.3, 0.4) is 0 Å². The van der Waals surface area contributed by atoms with Gasteiger partial charge in [0.15, 0.2) is 0 Å². The molecule has 0 aliphatic carbocycles. The van der Waals surface area contributed by atoms with Crippen LogP contribution in [0.15, 0.2) is 24.3 Å². The Morgan fingerprint density at radius 2 is 2.06 bits per heavy atom. The Morgan fingerprint density at radius 3 is 2.75 bits per heavy atom. The zero-order chi connectivity index (χ0) is 11.4. The van der Waals surface area contributed by atoms with E-state index in [4.69, 9.17) is 0 Å². The number of hydrogen-bond acceptors (Lipinski definition) is 2. The van der Waals surface area contributed by atoms with Gasteiger partial charge >= 0.3 is 0 Å². The maximum atomic E-state index is 3.20. The van der Waals surface area contributed by atoms with Gasteiger partial charge in [-0.1, -0.05) is 19.1 Å². The Morgan fingerprint density at radius 1 is 1.31 bits per heavy atom. The minimum absolute atomic E-state index is 0.900. The molecule has 88 valence electrons. The average molecular weight is 218 g/mol. The number of anilines is 1. The van der Waals surface area contributed by atoms with Crippen LogP contribution in [0.25, 0.3) is 0 Å². The first-order chi connectivity index (χ1) is 7.79. The van der Waals surface area contributed by atoms with E-state index in [2.05, 4.69) is 41.4 Å². The van der Waals surface area contributed by atoms with E-state index in [1.807, 2.05) is 7.05 Å². The van der Waals surface area contributed by atoms with Crippen LogP contribution in [-0.2, 0) is 6.54 Å². The number of nitrogens with one attached hydrogen (secondary N) is 1. The van der Waals surface area contributed by atoms with Gasteiger partial charge in [0, 0.05) is 25.3 Å². The van der Waals surface area contributed by atoms with Crippen molar-refractivity contribution >= 4 is 5.69 Å². The van der Waals surface area contributed by atoms with Crippen molar-refractivity contribution < 1.29 is 0 Å². The molecule has 0 amide bonds. The first-order valence-corrected chi connectivity index (χ1v) is 6.28. The van der Waals surface area contributed by atoms with Crippen LogP contribution in [0.4, 0.5) is 5.69 Å². The van der Waals surface area contributed by atoms with Crippen LogP contribution in [0, 0.1) is 5.92 Å². The maximum absolute atomic E-state index is 3.20. The molecule has 0 aromatic heterocycles. The average Bonchev–Trinajstić information content (AvgIpc) is 2.31. The third kappa shape index (κ3) is 2.76. The quantitative estimate of drug-likeness (QED) is 0.839. The highest BCUT2D eigenvalue weighted by Gasteiger charge is 2.15. The van der Waals surface area contributed by atoms with E-state index in [1.54, 1.807) is 0 Å². The maximum Gasteiger partial charge on any atom is 0.0369 e. The van der Waals surface area contributed by atoms with Crippen LogP contribution in [0.5, 0.6) is 0 Å². The fourth-order valence-corrected chi connectivity index (χ4v) is 2.33. The predicted molar refractivity (Wildman–Crippen MR) is 69.8 cm³/mol. The fraction of sp³-hybridized carbons (Fsp3) is 0.571. The van der Waals surface area contributed by atoms with E-state index in [0.29, 0.717) is 0 Å². The standard InChI is InChI=1S/C14H22N2/c1-12-6-8-16(9-7-12)14-5-3-4-13(10-14)11-15-2/h3-5,10,12,15H,6-9,11H2,1-2H3. The largest absolute Gasteiger partial charge is 0.372 e. The summed E-state index contributed by atoms with van der Waals surface area (Å²) in [7, 11) is 2.00. The van der Waals surface area contributed by atoms with Crippen LogP contribution in [0.2, 0.25) is 0 Å². The number of benzene rings is 1. The molecule has 0 spiro atoms. The minimum atomic E-state index is 0.900. The lowest BCUT2D eigenvalue weighted by molar-refractivity contribution is 0.438. The first-order valence-electron chi connectivity index (χ1n) is 6.28. The summed E-state index contributed by atoms with van der Waals surface area (Å²) in [5.41, 5.74) is 2.76. The van der Waals surface area contributed by atoms with E-state index >= 15 is 0 Å². The summed E-state index contributed by atoms with van der Waals surface area (Å²) in [5, 5.41) is 3.20. The summed E-state index contributed by atoms with van der Waals surface area (Å²) < 4.78 is 0. The van der Waals surface area contributed by atoms with Crippen LogP contribution < -0.4 is 10.2 Å². The van der Waals surface area contributed by atoms with Crippen molar-refractivity contribution in [2.75, 3.05) is 25.0 Å². The van der Waals surface area contributed by atoms with Crippen molar-refractivity contribution in [1.29, 1.82) is 0 Å². The number of piperidine rings is 1. The van der Waals surface area contributed by atoms with Crippen molar-refractivity contribution in [3.05, 3.63) is 29.8 Å². The van der Waals surface area contributed by atoms with Gasteiger partial charge in [0.05, 0.1) is 0 Å². The van der Waals surface area contributed by atoms with E-state index in [9.17, 15) is 0 Å². The minimum Gasteiger partial charge on any atom is -0.372 e. The lowest BCUT2D eigenvalue weighted by atomic mass is 9.98. The van der Waals surface area contributed by atoms with Gasteiger partial charge in [-0.05, 0) is 43.5 Å². The second-order valence-corrected chi connectivity index (χ2v) is 4.87. The summed E-state index contributed by atoms with van der Waals surface area (Å²) in [6.45, 7) is 5.74. The van der Waals surface area contributed by atoms with Gasteiger partial charge in [0.1, 0.15) is 0 Å². The Hall–Kier alpha value is -1.02. The molecule has 0 atom stereocenters. The summed E-state index contributed by atoms with van der Waals surface area (Å²) in [6.07, 6.45) is 2.66. The Balaban J connectivity index is 2.05. The van der Waals surface area contributed by atoms with Crippen molar-refractivity contribution in [2.45, 2.75) is 26.3 Å². The summed E-state index contributed by atoms with van der Waals surface area (Å²) in [6, 6.07) is 8.90.